The average Bonchev–Trinajstić information content (AvgIpc) is 2.76. The largest absolute Gasteiger partial charge is 0.497 e. The van der Waals surface area contributed by atoms with Gasteiger partial charge in [-0.2, -0.15) is 0 Å². The van der Waals surface area contributed by atoms with Crippen LogP contribution < -0.4 is 15.4 Å². The van der Waals surface area contributed by atoms with Crippen molar-refractivity contribution in [2.24, 2.45) is 5.11 Å². The van der Waals surface area contributed by atoms with E-state index < -0.39 is 17.9 Å². The van der Waals surface area contributed by atoms with Gasteiger partial charge in [-0.3, -0.25) is 14.4 Å². The van der Waals surface area contributed by atoms with Gasteiger partial charge in [0.15, 0.2) is 0 Å². The van der Waals surface area contributed by atoms with Gasteiger partial charge in [-0.1, -0.05) is 29.4 Å². The molecule has 1 atom stereocenters. The fourth-order valence-corrected chi connectivity index (χ4v) is 2.74. The van der Waals surface area contributed by atoms with Crippen molar-refractivity contribution in [2.45, 2.75) is 25.4 Å². The molecule has 0 aliphatic heterocycles. The van der Waals surface area contributed by atoms with Crippen molar-refractivity contribution < 1.29 is 24.2 Å². The summed E-state index contributed by atoms with van der Waals surface area (Å²) in [5, 5.41) is 17.6. The minimum atomic E-state index is -1.11. The molecular formula is C21H23N5O5. The summed E-state index contributed by atoms with van der Waals surface area (Å²) in [6.45, 7) is 0.141. The molecule has 31 heavy (non-hydrogen) atoms. The molecule has 0 saturated carbocycles. The number of azide groups is 1. The highest BCUT2D eigenvalue weighted by Crippen LogP contribution is 2.12. The highest BCUT2D eigenvalue weighted by Gasteiger charge is 2.16. The van der Waals surface area contributed by atoms with E-state index in [1.54, 1.807) is 43.5 Å². The van der Waals surface area contributed by atoms with Crippen molar-refractivity contribution in [3.8, 4) is 5.75 Å². The quantitative estimate of drug-likeness (QED) is 0.287. The predicted molar refractivity (Wildman–Crippen MR) is 113 cm³/mol. The maximum Gasteiger partial charge on any atom is 0.305 e. The maximum atomic E-state index is 12.3. The number of nitrogens with one attached hydrogen (secondary N) is 2. The summed E-state index contributed by atoms with van der Waals surface area (Å²) in [5.41, 5.74) is 10.4. The molecule has 3 N–H and O–H groups in total. The molecule has 2 rings (SSSR count). The number of nitrogens with zero attached hydrogens (tertiary/aromatic N) is 3. The molecule has 0 aliphatic rings. The van der Waals surface area contributed by atoms with Crippen molar-refractivity contribution in [3.05, 3.63) is 75.7 Å². The Bertz CT molecular complexity index is 949. The van der Waals surface area contributed by atoms with Gasteiger partial charge in [0.1, 0.15) is 5.75 Å². The minimum absolute atomic E-state index is 0.137. The lowest BCUT2D eigenvalue weighted by Crippen LogP contribution is -2.38. The van der Waals surface area contributed by atoms with Gasteiger partial charge < -0.3 is 20.5 Å². The molecule has 0 fully saturated rings. The molecule has 162 valence electrons. The maximum absolute atomic E-state index is 12.3. The van der Waals surface area contributed by atoms with E-state index in [0.717, 1.165) is 16.9 Å². The Kier molecular flexibility index (Phi) is 8.88. The Morgan fingerprint density at radius 3 is 2.32 bits per heavy atom. The topological polar surface area (TPSA) is 153 Å². The van der Waals surface area contributed by atoms with Crippen LogP contribution in [0.25, 0.3) is 10.4 Å². The molecular weight excluding hydrogens is 402 g/mol. The number of carboxylic acid groups (broad SMARTS) is 1. The van der Waals surface area contributed by atoms with Crippen LogP contribution in [0.15, 0.2) is 53.6 Å². The van der Waals surface area contributed by atoms with Crippen molar-refractivity contribution >= 4 is 17.8 Å². The zero-order chi connectivity index (χ0) is 22.6. The molecule has 0 unspecified atom stereocenters. The van der Waals surface area contributed by atoms with Gasteiger partial charge in [-0.05, 0) is 40.9 Å². The van der Waals surface area contributed by atoms with Crippen LogP contribution in [0.5, 0.6) is 5.75 Å². The van der Waals surface area contributed by atoms with E-state index in [2.05, 4.69) is 20.7 Å². The molecule has 2 aromatic carbocycles. The second-order valence-electron chi connectivity index (χ2n) is 6.68. The lowest BCUT2D eigenvalue weighted by atomic mass is 10.1. The number of carboxylic acids is 1. The first-order valence-electron chi connectivity index (χ1n) is 9.43. The number of carbonyl (C=O) groups is 3. The molecule has 0 saturated heterocycles. The fraction of sp³-hybridized carbons (Fsp3) is 0.286. The van der Waals surface area contributed by atoms with E-state index in [0.29, 0.717) is 12.1 Å². The van der Waals surface area contributed by atoms with Gasteiger partial charge in [0.05, 0.1) is 20.0 Å². The van der Waals surface area contributed by atoms with Crippen LogP contribution >= 0.6 is 0 Å². The Morgan fingerprint density at radius 1 is 1.10 bits per heavy atom. The average molecular weight is 425 g/mol. The van der Waals surface area contributed by atoms with E-state index >= 15 is 0 Å². The summed E-state index contributed by atoms with van der Waals surface area (Å²) in [6, 6.07) is 13.0. The number of benzene rings is 2. The summed E-state index contributed by atoms with van der Waals surface area (Å²) in [7, 11) is 1.58. The molecule has 10 nitrogen and oxygen atoms in total. The number of aliphatic carboxylic acids is 1. The van der Waals surface area contributed by atoms with E-state index in [4.69, 9.17) is 15.4 Å². The zero-order valence-corrected chi connectivity index (χ0v) is 16.9. The third kappa shape index (κ3) is 8.08. The predicted octanol–water partition coefficient (Wildman–Crippen LogP) is 2.44. The Labute approximate surface area is 178 Å². The SMILES string of the molecule is COc1ccc(CC(=O)NCc2ccc(C(=O)N[C@H](CN=[N+]=[N-])CC(=O)O)cc2)cc1. The zero-order valence-electron chi connectivity index (χ0n) is 16.9. The van der Waals surface area contributed by atoms with Crippen molar-refractivity contribution in [1.82, 2.24) is 10.6 Å². The number of carbonyl (C=O) groups excluding carboxylic acids is 2. The Morgan fingerprint density at radius 2 is 1.74 bits per heavy atom. The molecule has 0 radical (unpaired) electrons. The van der Waals surface area contributed by atoms with Crippen LogP contribution in [-0.2, 0) is 22.6 Å². The monoisotopic (exact) mass is 425 g/mol. The first-order chi connectivity index (χ1) is 14.9. The highest BCUT2D eigenvalue weighted by atomic mass is 16.5. The smallest absolute Gasteiger partial charge is 0.305 e. The van der Waals surface area contributed by atoms with E-state index in [1.165, 1.54) is 0 Å². The molecule has 0 bridgehead atoms. The van der Waals surface area contributed by atoms with Crippen molar-refractivity contribution in [1.29, 1.82) is 0 Å². The van der Waals surface area contributed by atoms with Crippen LogP contribution in [-0.4, -0.2) is 42.6 Å². The number of ether oxygens (including phenoxy) is 1. The number of hydrogen-bond donors (Lipinski definition) is 3. The van der Waals surface area contributed by atoms with E-state index in [-0.39, 0.29) is 25.3 Å². The third-order valence-electron chi connectivity index (χ3n) is 4.35. The Balaban J connectivity index is 1.87. The fourth-order valence-electron chi connectivity index (χ4n) is 2.74. The highest BCUT2D eigenvalue weighted by molar-refractivity contribution is 5.94. The normalized spacial score (nSPS) is 11.0. The van der Waals surface area contributed by atoms with Gasteiger partial charge >= 0.3 is 5.97 Å². The lowest BCUT2D eigenvalue weighted by Gasteiger charge is -2.14. The molecule has 0 heterocycles. The van der Waals surface area contributed by atoms with Gasteiger partial charge in [0.25, 0.3) is 5.91 Å². The standard InChI is InChI=1S/C21H23N5O5/c1-31-18-8-4-14(5-9-18)10-19(27)23-12-15-2-6-16(7-3-15)21(30)25-17(11-20(28)29)13-24-26-22/h2-9,17H,10-13H2,1H3,(H,23,27)(H,25,30)(H,28,29)/t17-/m0/s1. The summed E-state index contributed by atoms with van der Waals surface area (Å²) in [5.74, 6) is -1.00. The third-order valence-corrected chi connectivity index (χ3v) is 4.35. The van der Waals surface area contributed by atoms with Gasteiger partial charge in [-0.15, -0.1) is 0 Å². The summed E-state index contributed by atoms with van der Waals surface area (Å²) < 4.78 is 5.09. The van der Waals surface area contributed by atoms with Crippen LogP contribution in [0.3, 0.4) is 0 Å². The van der Waals surface area contributed by atoms with E-state index in [1.807, 2.05) is 12.1 Å². The lowest BCUT2D eigenvalue weighted by molar-refractivity contribution is -0.137. The number of hydrogen-bond acceptors (Lipinski definition) is 5. The molecule has 10 heteroatoms. The van der Waals surface area contributed by atoms with Crippen molar-refractivity contribution in [3.63, 3.8) is 0 Å². The minimum Gasteiger partial charge on any atom is -0.497 e. The number of methoxy groups -OCH3 is 1. The Hall–Kier alpha value is -4.04. The van der Waals surface area contributed by atoms with Crippen molar-refractivity contribution in [2.75, 3.05) is 13.7 Å². The van der Waals surface area contributed by atoms with Gasteiger partial charge in [-0.25, -0.2) is 0 Å². The summed E-state index contributed by atoms with van der Waals surface area (Å²) in [6.07, 6.45) is -0.121. The molecule has 2 amide bonds. The van der Waals surface area contributed by atoms with Gasteiger partial charge in [0.2, 0.25) is 5.91 Å². The summed E-state index contributed by atoms with van der Waals surface area (Å²) >= 11 is 0. The molecule has 0 aromatic heterocycles. The van der Waals surface area contributed by atoms with Crippen LogP contribution in [0.4, 0.5) is 0 Å². The van der Waals surface area contributed by atoms with E-state index in [9.17, 15) is 14.4 Å². The first kappa shape index (κ1) is 23.2. The van der Waals surface area contributed by atoms with Crippen LogP contribution in [0.1, 0.15) is 27.9 Å². The molecule has 2 aromatic rings. The number of rotatable bonds is 11. The molecule has 0 aliphatic carbocycles. The number of amides is 2. The van der Waals surface area contributed by atoms with Gasteiger partial charge in [0, 0.05) is 29.6 Å². The molecule has 0 spiro atoms. The second kappa shape index (κ2) is 11.8. The van der Waals surface area contributed by atoms with Crippen LogP contribution in [0.2, 0.25) is 0 Å². The second-order valence-corrected chi connectivity index (χ2v) is 6.68. The van der Waals surface area contributed by atoms with Crippen LogP contribution in [0, 0.1) is 0 Å². The first-order valence-corrected chi connectivity index (χ1v) is 9.43. The summed E-state index contributed by atoms with van der Waals surface area (Å²) in [4.78, 5) is 37.9.